The van der Waals surface area contributed by atoms with Crippen molar-refractivity contribution >= 4 is 11.7 Å². The Kier molecular flexibility index (Phi) is 4.02. The SMILES string of the molecule is CNc1cnc(C(=O)NC(C)c2ccccn2)cn1. The summed E-state index contributed by atoms with van der Waals surface area (Å²) in [4.78, 5) is 24.2. The molecule has 0 bridgehead atoms. The quantitative estimate of drug-likeness (QED) is 0.865. The molecule has 6 nitrogen and oxygen atoms in total. The van der Waals surface area contributed by atoms with Gasteiger partial charge in [-0.2, -0.15) is 0 Å². The Labute approximate surface area is 111 Å². The predicted molar refractivity (Wildman–Crippen MR) is 71.7 cm³/mol. The smallest absolute Gasteiger partial charge is 0.272 e. The van der Waals surface area contributed by atoms with Crippen LogP contribution in [-0.2, 0) is 0 Å². The molecular weight excluding hydrogens is 242 g/mol. The highest BCUT2D eigenvalue weighted by Crippen LogP contribution is 2.09. The van der Waals surface area contributed by atoms with Gasteiger partial charge in [0.1, 0.15) is 11.5 Å². The van der Waals surface area contributed by atoms with Crippen molar-refractivity contribution in [2.24, 2.45) is 0 Å². The summed E-state index contributed by atoms with van der Waals surface area (Å²) in [5.41, 5.74) is 1.08. The number of amides is 1. The third-order valence-electron chi connectivity index (χ3n) is 2.62. The number of rotatable bonds is 4. The third kappa shape index (κ3) is 3.25. The Morgan fingerprint density at radius 1 is 1.21 bits per heavy atom. The fraction of sp³-hybridized carbons (Fsp3) is 0.231. The molecule has 2 rings (SSSR count). The zero-order valence-electron chi connectivity index (χ0n) is 10.8. The van der Waals surface area contributed by atoms with Crippen molar-refractivity contribution in [3.05, 3.63) is 48.2 Å². The summed E-state index contributed by atoms with van der Waals surface area (Å²) in [6.45, 7) is 1.87. The Morgan fingerprint density at radius 2 is 2.05 bits per heavy atom. The number of anilines is 1. The van der Waals surface area contributed by atoms with Crippen molar-refractivity contribution < 1.29 is 4.79 Å². The molecule has 2 N–H and O–H groups in total. The van der Waals surface area contributed by atoms with Gasteiger partial charge in [-0.15, -0.1) is 0 Å². The minimum atomic E-state index is -0.270. The molecule has 0 radical (unpaired) electrons. The molecule has 1 atom stereocenters. The monoisotopic (exact) mass is 257 g/mol. The Balaban J connectivity index is 2.04. The molecule has 2 aromatic rings. The van der Waals surface area contributed by atoms with Crippen LogP contribution in [0.25, 0.3) is 0 Å². The van der Waals surface area contributed by atoms with Crippen molar-refractivity contribution in [3.63, 3.8) is 0 Å². The van der Waals surface area contributed by atoms with Gasteiger partial charge < -0.3 is 10.6 Å². The van der Waals surface area contributed by atoms with E-state index in [0.29, 0.717) is 5.82 Å². The van der Waals surface area contributed by atoms with Crippen LogP contribution in [0, 0.1) is 0 Å². The summed E-state index contributed by atoms with van der Waals surface area (Å²) >= 11 is 0. The number of hydrogen-bond donors (Lipinski definition) is 2. The number of nitrogens with zero attached hydrogens (tertiary/aromatic N) is 3. The molecule has 2 aromatic heterocycles. The topological polar surface area (TPSA) is 79.8 Å². The van der Waals surface area contributed by atoms with Gasteiger partial charge in [0.05, 0.1) is 24.1 Å². The number of nitrogens with one attached hydrogen (secondary N) is 2. The van der Waals surface area contributed by atoms with Crippen molar-refractivity contribution in [1.82, 2.24) is 20.3 Å². The first-order chi connectivity index (χ1) is 9.20. The Morgan fingerprint density at radius 3 is 2.63 bits per heavy atom. The zero-order valence-corrected chi connectivity index (χ0v) is 10.8. The number of carbonyl (C=O) groups is 1. The highest BCUT2D eigenvalue weighted by Gasteiger charge is 2.13. The van der Waals surface area contributed by atoms with Gasteiger partial charge in [0, 0.05) is 13.2 Å². The van der Waals surface area contributed by atoms with Crippen molar-refractivity contribution in [3.8, 4) is 0 Å². The normalized spacial score (nSPS) is 11.7. The molecule has 0 aliphatic rings. The number of hydrogen-bond acceptors (Lipinski definition) is 5. The van der Waals surface area contributed by atoms with Crippen LogP contribution in [0.2, 0.25) is 0 Å². The Bertz CT molecular complexity index is 541. The van der Waals surface area contributed by atoms with E-state index in [1.165, 1.54) is 12.4 Å². The van der Waals surface area contributed by atoms with Gasteiger partial charge in [-0.05, 0) is 19.1 Å². The van der Waals surface area contributed by atoms with Gasteiger partial charge in [-0.1, -0.05) is 6.07 Å². The average Bonchev–Trinajstić information content (AvgIpc) is 2.48. The second kappa shape index (κ2) is 5.90. The fourth-order valence-corrected chi connectivity index (χ4v) is 1.55. The lowest BCUT2D eigenvalue weighted by molar-refractivity contribution is 0.0933. The van der Waals surface area contributed by atoms with E-state index in [4.69, 9.17) is 0 Å². The minimum absolute atomic E-state index is 0.181. The highest BCUT2D eigenvalue weighted by atomic mass is 16.1. The van der Waals surface area contributed by atoms with Crippen LogP contribution in [0.4, 0.5) is 5.82 Å². The van der Waals surface area contributed by atoms with Gasteiger partial charge in [-0.25, -0.2) is 9.97 Å². The fourth-order valence-electron chi connectivity index (χ4n) is 1.55. The summed E-state index contributed by atoms with van der Waals surface area (Å²) in [6.07, 6.45) is 4.65. The molecule has 98 valence electrons. The van der Waals surface area contributed by atoms with Crippen molar-refractivity contribution in [2.45, 2.75) is 13.0 Å². The highest BCUT2D eigenvalue weighted by molar-refractivity contribution is 5.92. The minimum Gasteiger partial charge on any atom is -0.372 e. The first-order valence-electron chi connectivity index (χ1n) is 5.92. The zero-order chi connectivity index (χ0) is 13.7. The van der Waals surface area contributed by atoms with Gasteiger partial charge in [0.25, 0.3) is 5.91 Å². The molecule has 1 amide bonds. The first kappa shape index (κ1) is 12.9. The van der Waals surface area contributed by atoms with E-state index in [2.05, 4.69) is 25.6 Å². The van der Waals surface area contributed by atoms with E-state index in [1.54, 1.807) is 13.2 Å². The largest absolute Gasteiger partial charge is 0.372 e. The van der Waals surface area contributed by atoms with Gasteiger partial charge in [0.15, 0.2) is 0 Å². The first-order valence-corrected chi connectivity index (χ1v) is 5.92. The third-order valence-corrected chi connectivity index (χ3v) is 2.62. The second-order valence-corrected chi connectivity index (χ2v) is 3.99. The van der Waals surface area contributed by atoms with Crippen LogP contribution in [0.15, 0.2) is 36.8 Å². The standard InChI is InChI=1S/C13H15N5O/c1-9(10-5-3-4-6-15-10)18-13(19)11-7-17-12(14-2)8-16-11/h3-9H,1-2H3,(H,14,17)(H,18,19). The predicted octanol–water partition coefficient (Wildman–Crippen LogP) is 1.40. The van der Waals surface area contributed by atoms with Crippen LogP contribution in [-0.4, -0.2) is 27.9 Å². The van der Waals surface area contributed by atoms with Gasteiger partial charge >= 0.3 is 0 Å². The lowest BCUT2D eigenvalue weighted by Gasteiger charge is -2.12. The molecular formula is C13H15N5O. The number of carbonyl (C=O) groups excluding carboxylic acids is 1. The lowest BCUT2D eigenvalue weighted by Crippen LogP contribution is -2.28. The van der Waals surface area contributed by atoms with Crippen LogP contribution >= 0.6 is 0 Å². The molecule has 2 heterocycles. The number of aromatic nitrogens is 3. The van der Waals surface area contributed by atoms with E-state index in [0.717, 1.165) is 5.69 Å². The molecule has 6 heteroatoms. The maximum atomic E-state index is 12.0. The van der Waals surface area contributed by atoms with Crippen LogP contribution < -0.4 is 10.6 Å². The maximum Gasteiger partial charge on any atom is 0.272 e. The summed E-state index contributed by atoms with van der Waals surface area (Å²) in [5, 5.41) is 5.67. The van der Waals surface area contributed by atoms with E-state index in [9.17, 15) is 4.79 Å². The van der Waals surface area contributed by atoms with E-state index in [1.807, 2.05) is 25.1 Å². The van der Waals surface area contributed by atoms with Crippen molar-refractivity contribution in [1.29, 1.82) is 0 Å². The van der Waals surface area contributed by atoms with Crippen LogP contribution in [0.5, 0.6) is 0 Å². The van der Waals surface area contributed by atoms with E-state index < -0.39 is 0 Å². The van der Waals surface area contributed by atoms with Crippen LogP contribution in [0.1, 0.15) is 29.1 Å². The number of pyridine rings is 1. The van der Waals surface area contributed by atoms with Crippen molar-refractivity contribution in [2.75, 3.05) is 12.4 Å². The molecule has 0 aliphatic heterocycles. The van der Waals surface area contributed by atoms with Gasteiger partial charge in [-0.3, -0.25) is 9.78 Å². The van der Waals surface area contributed by atoms with E-state index in [-0.39, 0.29) is 17.6 Å². The molecule has 0 spiro atoms. The van der Waals surface area contributed by atoms with Crippen LogP contribution in [0.3, 0.4) is 0 Å². The molecule has 0 aliphatic carbocycles. The second-order valence-electron chi connectivity index (χ2n) is 3.99. The lowest BCUT2D eigenvalue weighted by atomic mass is 10.2. The molecule has 1 unspecified atom stereocenters. The molecule has 0 aromatic carbocycles. The molecule has 0 saturated carbocycles. The Hall–Kier alpha value is -2.50. The van der Waals surface area contributed by atoms with Gasteiger partial charge in [0.2, 0.25) is 0 Å². The summed E-state index contributed by atoms with van der Waals surface area (Å²) < 4.78 is 0. The van der Waals surface area contributed by atoms with E-state index >= 15 is 0 Å². The summed E-state index contributed by atoms with van der Waals surface area (Å²) in [5.74, 6) is 0.350. The summed E-state index contributed by atoms with van der Waals surface area (Å²) in [6, 6.07) is 5.40. The maximum absolute atomic E-state index is 12.0. The molecule has 0 saturated heterocycles. The molecule has 0 fully saturated rings. The summed E-state index contributed by atoms with van der Waals surface area (Å²) in [7, 11) is 1.74. The average molecular weight is 257 g/mol. The molecule has 19 heavy (non-hydrogen) atoms.